The first-order valence-corrected chi connectivity index (χ1v) is 9.21. The van der Waals surface area contributed by atoms with E-state index in [1.54, 1.807) is 0 Å². The summed E-state index contributed by atoms with van der Waals surface area (Å²) in [5.41, 5.74) is 0. The fourth-order valence-electron chi connectivity index (χ4n) is 1.56. The second-order valence-electron chi connectivity index (χ2n) is 3.69. The molecule has 0 amide bonds. The van der Waals surface area contributed by atoms with Crippen LogP contribution in [0, 0.1) is 0 Å². The average Bonchev–Trinajstić information content (AvgIpc) is 2.32. The van der Waals surface area contributed by atoms with E-state index in [4.69, 9.17) is 13.3 Å². The van der Waals surface area contributed by atoms with Crippen molar-refractivity contribution in [1.82, 2.24) is 5.32 Å². The van der Waals surface area contributed by atoms with Crippen molar-refractivity contribution in [3.63, 3.8) is 0 Å². The second-order valence-corrected chi connectivity index (χ2v) is 6.42. The molecule has 0 bridgehead atoms. The lowest BCUT2D eigenvalue weighted by molar-refractivity contribution is 0.0712. The van der Waals surface area contributed by atoms with Gasteiger partial charge in [-0.2, -0.15) is 0 Å². The molecule has 0 radical (unpaired) electrons. The molecule has 0 aromatic rings. The van der Waals surface area contributed by atoms with Crippen molar-refractivity contribution in [1.29, 1.82) is 0 Å². The first-order chi connectivity index (χ1) is 8.66. The molecule has 0 atom stereocenters. The van der Waals surface area contributed by atoms with Gasteiger partial charge in [-0.25, -0.2) is 0 Å². The molecule has 0 spiro atoms. The zero-order valence-electron chi connectivity index (χ0n) is 13.2. The van der Waals surface area contributed by atoms with E-state index in [-0.39, 0.29) is 0 Å². The molecule has 5 heteroatoms. The van der Waals surface area contributed by atoms with Crippen molar-refractivity contribution in [2.24, 2.45) is 0 Å². The highest BCUT2D eigenvalue weighted by molar-refractivity contribution is 6.60. The highest BCUT2D eigenvalue weighted by atomic mass is 28.4. The van der Waals surface area contributed by atoms with Crippen molar-refractivity contribution < 1.29 is 13.3 Å². The van der Waals surface area contributed by atoms with Crippen LogP contribution in [-0.4, -0.2) is 41.7 Å². The molecule has 0 saturated heterocycles. The monoisotopic (exact) mass is 279 g/mol. The van der Waals surface area contributed by atoms with Gasteiger partial charge in [0, 0.05) is 25.9 Å². The van der Waals surface area contributed by atoms with Gasteiger partial charge in [0.15, 0.2) is 0 Å². The predicted octanol–water partition coefficient (Wildman–Crippen LogP) is 3.06. The van der Waals surface area contributed by atoms with Gasteiger partial charge in [-0.3, -0.25) is 0 Å². The Balaban J connectivity index is 0. The minimum Gasteiger partial charge on any atom is -0.374 e. The molecule has 4 nitrogen and oxygen atoms in total. The number of hydrogen-bond donors (Lipinski definition) is 1. The SMILES string of the molecule is CCC[Si](OCC)(OCC)OCC.CCNCC. The van der Waals surface area contributed by atoms with Crippen LogP contribution in [0.4, 0.5) is 0 Å². The lowest BCUT2D eigenvalue weighted by Crippen LogP contribution is -2.45. The number of hydrogen-bond acceptors (Lipinski definition) is 4. The van der Waals surface area contributed by atoms with Gasteiger partial charge in [0.25, 0.3) is 0 Å². The van der Waals surface area contributed by atoms with E-state index in [1.165, 1.54) is 0 Å². The molecule has 18 heavy (non-hydrogen) atoms. The average molecular weight is 279 g/mol. The van der Waals surface area contributed by atoms with Crippen LogP contribution in [0.3, 0.4) is 0 Å². The van der Waals surface area contributed by atoms with Gasteiger partial charge in [-0.05, 0) is 33.9 Å². The minimum atomic E-state index is -2.30. The molecule has 112 valence electrons. The summed E-state index contributed by atoms with van der Waals surface area (Å²) in [6.45, 7) is 16.5. The van der Waals surface area contributed by atoms with Crippen LogP contribution in [0.25, 0.3) is 0 Å². The third kappa shape index (κ3) is 11.2. The number of nitrogens with one attached hydrogen (secondary N) is 1. The van der Waals surface area contributed by atoms with Crippen LogP contribution in [0.15, 0.2) is 0 Å². The van der Waals surface area contributed by atoms with Crippen LogP contribution in [0.1, 0.15) is 48.0 Å². The van der Waals surface area contributed by atoms with Crippen LogP contribution < -0.4 is 5.32 Å². The van der Waals surface area contributed by atoms with Gasteiger partial charge in [-0.15, -0.1) is 0 Å². The van der Waals surface area contributed by atoms with Crippen LogP contribution in [0.5, 0.6) is 0 Å². The first-order valence-electron chi connectivity index (χ1n) is 7.28. The van der Waals surface area contributed by atoms with Crippen LogP contribution >= 0.6 is 0 Å². The smallest absolute Gasteiger partial charge is 0.374 e. The molecule has 0 saturated carbocycles. The molecule has 1 N–H and O–H groups in total. The first kappa shape index (κ1) is 20.4. The molecule has 0 heterocycles. The Labute approximate surface area is 115 Å². The Hall–Kier alpha value is 0.0569. The molecule has 0 aliphatic heterocycles. The topological polar surface area (TPSA) is 39.7 Å². The van der Waals surface area contributed by atoms with Gasteiger partial charge in [0.05, 0.1) is 0 Å². The Morgan fingerprint density at radius 2 is 1.11 bits per heavy atom. The van der Waals surface area contributed by atoms with Crippen molar-refractivity contribution in [2.45, 2.75) is 54.0 Å². The maximum absolute atomic E-state index is 5.65. The summed E-state index contributed by atoms with van der Waals surface area (Å²) in [6.07, 6.45) is 1.05. The molecule has 0 unspecified atom stereocenters. The Morgan fingerprint density at radius 3 is 1.28 bits per heavy atom. The third-order valence-corrected chi connectivity index (χ3v) is 5.45. The van der Waals surface area contributed by atoms with Crippen molar-refractivity contribution >= 4 is 8.80 Å². The second kappa shape index (κ2) is 15.1. The maximum atomic E-state index is 5.65. The molecular formula is C13H33NO3Si. The van der Waals surface area contributed by atoms with Gasteiger partial charge in [-0.1, -0.05) is 27.2 Å². The quantitative estimate of drug-likeness (QED) is 0.624. The van der Waals surface area contributed by atoms with E-state index in [1.807, 2.05) is 20.8 Å². The van der Waals surface area contributed by atoms with E-state index in [9.17, 15) is 0 Å². The predicted molar refractivity (Wildman–Crippen MR) is 79.9 cm³/mol. The molecule has 0 aromatic heterocycles. The zero-order valence-corrected chi connectivity index (χ0v) is 14.2. The standard InChI is InChI=1S/C9H22O3Si.C4H11N/c1-5-9-13(10-6-2,11-7-3)12-8-4;1-3-5-4-2/h5-9H2,1-4H3;5H,3-4H2,1-2H3. The normalized spacial score (nSPS) is 11.0. The van der Waals surface area contributed by atoms with E-state index in [0.29, 0.717) is 19.8 Å². The Morgan fingerprint density at radius 1 is 0.722 bits per heavy atom. The highest BCUT2D eigenvalue weighted by Gasteiger charge is 2.38. The summed E-state index contributed by atoms with van der Waals surface area (Å²) in [5.74, 6) is 0. The maximum Gasteiger partial charge on any atom is 0.500 e. The molecule has 0 aliphatic rings. The van der Waals surface area contributed by atoms with Crippen LogP contribution in [0.2, 0.25) is 6.04 Å². The van der Waals surface area contributed by atoms with E-state index >= 15 is 0 Å². The largest absolute Gasteiger partial charge is 0.500 e. The zero-order chi connectivity index (χ0) is 14.3. The van der Waals surface area contributed by atoms with Gasteiger partial charge in [0.1, 0.15) is 0 Å². The Kier molecular flexibility index (Phi) is 17.1. The fourth-order valence-corrected chi connectivity index (χ4v) is 4.17. The highest BCUT2D eigenvalue weighted by Crippen LogP contribution is 2.17. The van der Waals surface area contributed by atoms with Gasteiger partial charge in [0.2, 0.25) is 0 Å². The third-order valence-electron chi connectivity index (χ3n) is 2.15. The van der Waals surface area contributed by atoms with Gasteiger partial charge < -0.3 is 18.6 Å². The van der Waals surface area contributed by atoms with E-state index < -0.39 is 8.80 Å². The fraction of sp³-hybridized carbons (Fsp3) is 1.00. The molecular weight excluding hydrogens is 246 g/mol. The lowest BCUT2D eigenvalue weighted by atomic mass is 10.6. The van der Waals surface area contributed by atoms with Crippen LogP contribution in [-0.2, 0) is 13.3 Å². The van der Waals surface area contributed by atoms with E-state index in [2.05, 4.69) is 26.1 Å². The van der Waals surface area contributed by atoms with Crippen molar-refractivity contribution in [3.8, 4) is 0 Å². The summed E-state index contributed by atoms with van der Waals surface area (Å²) >= 11 is 0. The van der Waals surface area contributed by atoms with Gasteiger partial charge >= 0.3 is 8.80 Å². The summed E-state index contributed by atoms with van der Waals surface area (Å²) < 4.78 is 16.9. The summed E-state index contributed by atoms with van der Waals surface area (Å²) in [7, 11) is -2.30. The molecule has 0 rings (SSSR count). The lowest BCUT2D eigenvalue weighted by Gasteiger charge is -2.27. The molecule has 0 aromatic carbocycles. The summed E-state index contributed by atoms with van der Waals surface area (Å²) in [6, 6.07) is 0.919. The summed E-state index contributed by atoms with van der Waals surface area (Å²) in [5, 5.41) is 3.11. The molecule has 0 aliphatic carbocycles. The van der Waals surface area contributed by atoms with E-state index in [0.717, 1.165) is 25.6 Å². The molecule has 0 fully saturated rings. The Bertz CT molecular complexity index is 128. The summed E-state index contributed by atoms with van der Waals surface area (Å²) in [4.78, 5) is 0. The van der Waals surface area contributed by atoms with Crippen molar-refractivity contribution in [3.05, 3.63) is 0 Å². The van der Waals surface area contributed by atoms with Crippen molar-refractivity contribution in [2.75, 3.05) is 32.9 Å². The number of rotatable bonds is 10. The minimum absolute atomic E-state index is 0.673.